The molecule has 0 spiro atoms. The molecule has 0 radical (unpaired) electrons. The van der Waals surface area contributed by atoms with E-state index in [9.17, 15) is 23.2 Å². The molecule has 3 aliphatic rings. The van der Waals surface area contributed by atoms with E-state index in [1.807, 2.05) is 18.2 Å². The Morgan fingerprint density at radius 2 is 1.80 bits per heavy atom. The molecule has 3 aliphatic heterocycles. The van der Waals surface area contributed by atoms with Gasteiger partial charge in [0.2, 0.25) is 5.91 Å². The number of benzene rings is 3. The second-order valence-electron chi connectivity index (χ2n) is 11.9. The van der Waals surface area contributed by atoms with Crippen LogP contribution in [0.1, 0.15) is 52.0 Å². The highest BCUT2D eigenvalue weighted by Crippen LogP contribution is 2.33. The maximum absolute atomic E-state index is 13.6. The minimum atomic E-state index is -1.13. The van der Waals surface area contributed by atoms with Gasteiger partial charge in [-0.25, -0.2) is 8.78 Å². The number of hydrogen-bond acceptors (Lipinski definition) is 6. The number of amides is 3. The van der Waals surface area contributed by atoms with Crippen LogP contribution < -0.4 is 15.4 Å². The molecule has 6 rings (SSSR count). The molecule has 4 atom stereocenters. The number of likely N-dealkylation sites (tertiary alicyclic amines) is 1. The largest absolute Gasteiger partial charge is 0.490 e. The molecular formula is C34H36F2N4O5. The van der Waals surface area contributed by atoms with E-state index < -0.39 is 23.6 Å². The van der Waals surface area contributed by atoms with Crippen LogP contribution in [0.4, 0.5) is 14.5 Å². The van der Waals surface area contributed by atoms with Crippen molar-refractivity contribution in [3.05, 3.63) is 95.1 Å². The van der Waals surface area contributed by atoms with Gasteiger partial charge in [-0.2, -0.15) is 0 Å². The Bertz CT molecular complexity index is 1570. The molecule has 2 saturated heterocycles. The fourth-order valence-electron chi connectivity index (χ4n) is 6.38. The van der Waals surface area contributed by atoms with E-state index in [2.05, 4.69) is 27.7 Å². The highest BCUT2D eigenvalue weighted by molar-refractivity contribution is 6.05. The Hall–Kier alpha value is -4.35. The molecule has 0 unspecified atom stereocenters. The molecule has 0 saturated carbocycles. The fourth-order valence-corrected chi connectivity index (χ4v) is 6.38. The number of fused-ring (bicyclic) bond motifs is 2. The highest BCUT2D eigenvalue weighted by atomic mass is 19.2. The van der Waals surface area contributed by atoms with Crippen molar-refractivity contribution >= 4 is 23.4 Å². The van der Waals surface area contributed by atoms with E-state index >= 15 is 0 Å². The predicted octanol–water partition coefficient (Wildman–Crippen LogP) is 4.38. The van der Waals surface area contributed by atoms with Crippen LogP contribution in [0.3, 0.4) is 0 Å². The number of rotatable bonds is 7. The molecule has 236 valence electrons. The van der Waals surface area contributed by atoms with Crippen molar-refractivity contribution in [3.8, 4) is 5.75 Å². The zero-order valence-electron chi connectivity index (χ0n) is 25.0. The molecule has 9 nitrogen and oxygen atoms in total. The summed E-state index contributed by atoms with van der Waals surface area (Å²) in [5.41, 5.74) is 1.77. The molecule has 3 heterocycles. The normalized spacial score (nSPS) is 23.3. The summed E-state index contributed by atoms with van der Waals surface area (Å²) < 4.78 is 39.2. The Balaban J connectivity index is 1.04. The van der Waals surface area contributed by atoms with Gasteiger partial charge in [0.1, 0.15) is 18.5 Å². The number of nitrogens with one attached hydrogen (secondary N) is 2. The minimum Gasteiger partial charge on any atom is -0.490 e. The van der Waals surface area contributed by atoms with Crippen LogP contribution in [-0.4, -0.2) is 78.6 Å². The van der Waals surface area contributed by atoms with Crippen LogP contribution in [0.5, 0.6) is 5.75 Å². The predicted molar refractivity (Wildman–Crippen MR) is 163 cm³/mol. The van der Waals surface area contributed by atoms with E-state index in [4.69, 9.17) is 9.47 Å². The van der Waals surface area contributed by atoms with Crippen molar-refractivity contribution in [2.45, 2.75) is 56.5 Å². The molecule has 45 heavy (non-hydrogen) atoms. The van der Waals surface area contributed by atoms with Gasteiger partial charge in [-0.15, -0.1) is 0 Å². The van der Waals surface area contributed by atoms with E-state index in [0.29, 0.717) is 24.3 Å². The Labute approximate surface area is 260 Å². The van der Waals surface area contributed by atoms with E-state index in [1.54, 1.807) is 24.1 Å². The molecule has 3 aromatic rings. The van der Waals surface area contributed by atoms with Gasteiger partial charge in [-0.3, -0.25) is 19.3 Å². The van der Waals surface area contributed by atoms with Gasteiger partial charge < -0.3 is 25.0 Å². The summed E-state index contributed by atoms with van der Waals surface area (Å²) in [6, 6.07) is 17.7. The number of nitrogens with zero attached hydrogens (tertiary/aromatic N) is 2. The lowest BCUT2D eigenvalue weighted by molar-refractivity contribution is -0.134. The van der Waals surface area contributed by atoms with Crippen molar-refractivity contribution in [2.75, 3.05) is 32.1 Å². The van der Waals surface area contributed by atoms with Crippen molar-refractivity contribution in [1.29, 1.82) is 0 Å². The molecule has 2 N–H and O–H groups in total. The van der Waals surface area contributed by atoms with Gasteiger partial charge in [-0.05, 0) is 61.2 Å². The van der Waals surface area contributed by atoms with Gasteiger partial charge in [0, 0.05) is 44.0 Å². The number of ether oxygens (including phenoxy) is 2. The third-order valence-electron chi connectivity index (χ3n) is 8.75. The second kappa shape index (κ2) is 13.3. The third kappa shape index (κ3) is 7.15. The van der Waals surface area contributed by atoms with E-state index in [0.717, 1.165) is 38.2 Å². The van der Waals surface area contributed by atoms with E-state index in [-0.39, 0.29) is 54.2 Å². The quantitative estimate of drug-likeness (QED) is 0.408. The van der Waals surface area contributed by atoms with Crippen LogP contribution in [0.25, 0.3) is 0 Å². The lowest BCUT2D eigenvalue weighted by Crippen LogP contribution is -2.54. The molecule has 3 amide bonds. The lowest BCUT2D eigenvalue weighted by Gasteiger charge is -2.42. The second-order valence-corrected chi connectivity index (χ2v) is 11.9. The average Bonchev–Trinajstić information content (AvgIpc) is 3.47. The highest BCUT2D eigenvalue weighted by Gasteiger charge is 2.39. The van der Waals surface area contributed by atoms with Crippen molar-refractivity contribution < 1.29 is 32.6 Å². The van der Waals surface area contributed by atoms with Gasteiger partial charge in [0.25, 0.3) is 11.8 Å². The molecular weight excluding hydrogens is 582 g/mol. The maximum Gasteiger partial charge on any atom is 0.257 e. The first-order valence-corrected chi connectivity index (χ1v) is 15.2. The zero-order valence-corrected chi connectivity index (χ0v) is 25.0. The lowest BCUT2D eigenvalue weighted by atomic mass is 9.94. The number of anilines is 1. The van der Waals surface area contributed by atoms with Crippen molar-refractivity contribution in [2.24, 2.45) is 0 Å². The standard InChI is InChI=1S/C34H36F2N4O5/c1-39-29-11-9-25(17-32(41)37-24-13-14-40(19-24)18-21-5-3-2-4-6-21)45-31(29)20-44-30-12-8-23(16-26(30)34(39)43)38-33(42)22-7-10-27(35)28(36)15-22/h2-8,10,12,15-16,24-25,29,31H,9,11,13-14,17-20H2,1H3,(H,37,41)(H,38,42)/t24-,25+,29-,31+/m0/s1. The molecule has 2 fully saturated rings. The number of likely N-dealkylation sites (N-methyl/N-ethyl adjacent to an activating group) is 1. The first kappa shape index (κ1) is 30.7. The molecule has 11 heteroatoms. The average molecular weight is 619 g/mol. The monoisotopic (exact) mass is 618 g/mol. The van der Waals surface area contributed by atoms with Gasteiger partial charge >= 0.3 is 0 Å². The maximum atomic E-state index is 13.6. The summed E-state index contributed by atoms with van der Waals surface area (Å²) in [5.74, 6) is -2.82. The molecule has 0 aliphatic carbocycles. The van der Waals surface area contributed by atoms with Crippen LogP contribution in [0.2, 0.25) is 0 Å². The number of hydrogen-bond donors (Lipinski definition) is 2. The van der Waals surface area contributed by atoms with Gasteiger partial charge in [0.05, 0.1) is 24.1 Å². The summed E-state index contributed by atoms with van der Waals surface area (Å²) in [7, 11) is 1.71. The summed E-state index contributed by atoms with van der Waals surface area (Å²) >= 11 is 0. The Morgan fingerprint density at radius 1 is 0.978 bits per heavy atom. The fraction of sp³-hybridized carbons (Fsp3) is 0.382. The first-order chi connectivity index (χ1) is 21.7. The van der Waals surface area contributed by atoms with Crippen LogP contribution in [0, 0.1) is 11.6 Å². The number of carbonyl (C=O) groups excluding carboxylic acids is 3. The van der Waals surface area contributed by atoms with E-state index in [1.165, 1.54) is 17.7 Å². The van der Waals surface area contributed by atoms with Gasteiger partial charge in [0.15, 0.2) is 11.6 Å². The minimum absolute atomic E-state index is 0.0375. The third-order valence-corrected chi connectivity index (χ3v) is 8.75. The molecule has 0 bridgehead atoms. The molecule has 0 aromatic heterocycles. The Kier molecular flexibility index (Phi) is 9.09. The summed E-state index contributed by atoms with van der Waals surface area (Å²) in [4.78, 5) is 43.1. The van der Waals surface area contributed by atoms with Crippen molar-refractivity contribution in [1.82, 2.24) is 15.1 Å². The number of carbonyl (C=O) groups is 3. The number of halogens is 2. The Morgan fingerprint density at radius 3 is 2.60 bits per heavy atom. The molecule has 3 aromatic carbocycles. The summed E-state index contributed by atoms with van der Waals surface area (Å²) in [6.07, 6.45) is 1.71. The smallest absolute Gasteiger partial charge is 0.257 e. The zero-order chi connectivity index (χ0) is 31.5. The van der Waals surface area contributed by atoms with Crippen molar-refractivity contribution in [3.63, 3.8) is 0 Å². The first-order valence-electron chi connectivity index (χ1n) is 15.2. The van der Waals surface area contributed by atoms with Gasteiger partial charge in [-0.1, -0.05) is 30.3 Å². The topological polar surface area (TPSA) is 100 Å². The summed E-state index contributed by atoms with van der Waals surface area (Å²) in [5, 5.41) is 5.80. The summed E-state index contributed by atoms with van der Waals surface area (Å²) in [6.45, 7) is 2.80. The van der Waals surface area contributed by atoms with Crippen LogP contribution >= 0.6 is 0 Å². The van der Waals surface area contributed by atoms with Crippen LogP contribution in [0.15, 0.2) is 66.7 Å². The SMILES string of the molecule is CN1C(=O)c2cc(NC(=O)c3ccc(F)c(F)c3)ccc2OC[C@H]2O[C@@H](CC(=O)N[C@H]3CCN(Cc4ccccc4)C3)CC[C@@H]21. The van der Waals surface area contributed by atoms with Crippen LogP contribution in [-0.2, 0) is 16.1 Å².